The average Bonchev–Trinajstić information content (AvgIpc) is 3.49. The van der Waals surface area contributed by atoms with Crippen molar-refractivity contribution in [3.63, 3.8) is 0 Å². The lowest BCUT2D eigenvalue weighted by molar-refractivity contribution is 1.07. The molecule has 3 aromatic carbocycles. The lowest BCUT2D eigenvalue weighted by atomic mass is 10.1. The van der Waals surface area contributed by atoms with Crippen molar-refractivity contribution in [2.24, 2.45) is 0 Å². The van der Waals surface area contributed by atoms with Crippen molar-refractivity contribution in [3.05, 3.63) is 122 Å². The molecule has 0 spiro atoms. The van der Waals surface area contributed by atoms with Gasteiger partial charge in [0.15, 0.2) is 0 Å². The lowest BCUT2D eigenvalue weighted by Gasteiger charge is -2.12. The van der Waals surface area contributed by atoms with Gasteiger partial charge in [0.2, 0.25) is 0 Å². The first-order chi connectivity index (χ1) is 16.9. The Kier molecular flexibility index (Phi) is 4.11. The summed E-state index contributed by atoms with van der Waals surface area (Å²) in [6.07, 6.45) is 7.73. The van der Waals surface area contributed by atoms with Gasteiger partial charge in [0, 0.05) is 52.2 Å². The Bertz CT molecular complexity index is 1790. The van der Waals surface area contributed by atoms with Gasteiger partial charge in [-0.15, -0.1) is 0 Å². The molecule has 0 aliphatic heterocycles. The molecular formula is C30H20N4. The summed E-state index contributed by atoms with van der Waals surface area (Å²) < 4.78 is 4.57. The molecule has 0 atom stereocenters. The number of hydrogen-bond acceptors (Lipinski definition) is 2. The van der Waals surface area contributed by atoms with Gasteiger partial charge in [0.25, 0.3) is 0 Å². The smallest absolute Gasteiger partial charge is 0.138 e. The van der Waals surface area contributed by atoms with Crippen LogP contribution < -0.4 is 0 Å². The molecule has 0 bridgehead atoms. The van der Waals surface area contributed by atoms with E-state index in [0.29, 0.717) is 0 Å². The first kappa shape index (κ1) is 18.8. The van der Waals surface area contributed by atoms with Crippen molar-refractivity contribution in [1.29, 1.82) is 0 Å². The molecule has 0 saturated carbocycles. The number of hydrogen-bond donors (Lipinski definition) is 0. The van der Waals surface area contributed by atoms with Crippen LogP contribution in [0.1, 0.15) is 0 Å². The third kappa shape index (κ3) is 2.79. The van der Waals surface area contributed by atoms with Gasteiger partial charge in [-0.05, 0) is 48.0 Å². The van der Waals surface area contributed by atoms with Crippen molar-refractivity contribution in [2.75, 3.05) is 0 Å². The molecule has 0 amide bonds. The second kappa shape index (κ2) is 7.42. The Balaban J connectivity index is 1.61. The Labute approximate surface area is 196 Å². The van der Waals surface area contributed by atoms with Crippen LogP contribution >= 0.6 is 0 Å². The summed E-state index contributed by atoms with van der Waals surface area (Å²) in [6, 6.07) is 33.9. The summed E-state index contributed by atoms with van der Waals surface area (Å²) in [6.45, 7) is 0. The topological polar surface area (TPSA) is 35.6 Å². The molecule has 0 fully saturated rings. The Morgan fingerprint density at radius 3 is 2.38 bits per heavy atom. The van der Waals surface area contributed by atoms with Gasteiger partial charge in [0.1, 0.15) is 5.82 Å². The molecular weight excluding hydrogens is 416 g/mol. The SMILES string of the molecule is c1ccc(-n2ccc3ccc4c5ccccc5n(-c5cc(-c6cccnc6)ccn5)c4c32)cc1. The zero-order chi connectivity index (χ0) is 22.5. The Morgan fingerprint density at radius 1 is 0.618 bits per heavy atom. The number of nitrogens with zero attached hydrogens (tertiary/aromatic N) is 4. The van der Waals surface area contributed by atoms with Crippen LogP contribution in [0.3, 0.4) is 0 Å². The Hall–Kier alpha value is -4.70. The van der Waals surface area contributed by atoms with Crippen molar-refractivity contribution in [3.8, 4) is 22.6 Å². The lowest BCUT2D eigenvalue weighted by Crippen LogP contribution is -2.00. The molecule has 4 heterocycles. The number of rotatable bonds is 3. The minimum Gasteiger partial charge on any atom is -0.315 e. The summed E-state index contributed by atoms with van der Waals surface area (Å²) in [5.74, 6) is 0.890. The van der Waals surface area contributed by atoms with Crippen molar-refractivity contribution >= 4 is 32.7 Å². The molecule has 0 radical (unpaired) electrons. The number of pyridine rings is 2. The van der Waals surface area contributed by atoms with E-state index in [1.54, 1.807) is 6.20 Å². The summed E-state index contributed by atoms with van der Waals surface area (Å²) in [5, 5.41) is 3.63. The second-order valence-electron chi connectivity index (χ2n) is 8.42. The predicted molar refractivity (Wildman–Crippen MR) is 139 cm³/mol. The van der Waals surface area contributed by atoms with E-state index >= 15 is 0 Å². The minimum absolute atomic E-state index is 0.890. The van der Waals surface area contributed by atoms with Crippen molar-refractivity contribution in [1.82, 2.24) is 19.1 Å². The molecule has 4 heteroatoms. The van der Waals surface area contributed by atoms with Crippen LogP contribution in [-0.4, -0.2) is 19.1 Å². The predicted octanol–water partition coefficient (Wildman–Crippen LogP) is 7.18. The van der Waals surface area contributed by atoms with E-state index in [4.69, 9.17) is 4.98 Å². The van der Waals surface area contributed by atoms with Crippen LogP contribution in [0.4, 0.5) is 0 Å². The van der Waals surface area contributed by atoms with E-state index in [0.717, 1.165) is 33.7 Å². The summed E-state index contributed by atoms with van der Waals surface area (Å²) in [4.78, 5) is 9.14. The van der Waals surface area contributed by atoms with E-state index in [1.807, 2.05) is 24.5 Å². The molecule has 7 rings (SSSR count). The van der Waals surface area contributed by atoms with Gasteiger partial charge in [-0.1, -0.05) is 54.6 Å². The molecule has 0 aliphatic carbocycles. The van der Waals surface area contributed by atoms with Crippen LogP contribution in [0, 0.1) is 0 Å². The minimum atomic E-state index is 0.890. The average molecular weight is 437 g/mol. The van der Waals surface area contributed by atoms with Crippen LogP contribution in [0.15, 0.2) is 122 Å². The molecule has 0 unspecified atom stereocenters. The van der Waals surface area contributed by atoms with E-state index in [9.17, 15) is 0 Å². The second-order valence-corrected chi connectivity index (χ2v) is 8.42. The molecule has 0 aliphatic rings. The van der Waals surface area contributed by atoms with E-state index in [2.05, 4.69) is 105 Å². The van der Waals surface area contributed by atoms with E-state index in [1.165, 1.54) is 21.7 Å². The number of benzene rings is 3. The van der Waals surface area contributed by atoms with Crippen LogP contribution in [0.5, 0.6) is 0 Å². The zero-order valence-corrected chi connectivity index (χ0v) is 18.3. The largest absolute Gasteiger partial charge is 0.315 e. The molecule has 160 valence electrons. The van der Waals surface area contributed by atoms with E-state index < -0.39 is 0 Å². The van der Waals surface area contributed by atoms with Gasteiger partial charge in [-0.3, -0.25) is 9.55 Å². The van der Waals surface area contributed by atoms with Gasteiger partial charge >= 0.3 is 0 Å². The summed E-state index contributed by atoms with van der Waals surface area (Å²) >= 11 is 0. The molecule has 34 heavy (non-hydrogen) atoms. The number of fused-ring (bicyclic) bond motifs is 5. The van der Waals surface area contributed by atoms with Gasteiger partial charge in [0.05, 0.1) is 16.6 Å². The van der Waals surface area contributed by atoms with Crippen LogP contribution in [0.25, 0.3) is 55.3 Å². The first-order valence-corrected chi connectivity index (χ1v) is 11.3. The standard InChI is InChI=1S/C30H20N4/c1-2-8-24(9-3-1)33-18-15-21-12-13-26-25-10-4-5-11-27(25)34(30(26)29(21)33)28-19-22(14-17-32-28)23-7-6-16-31-20-23/h1-20H. The van der Waals surface area contributed by atoms with Gasteiger partial charge in [-0.2, -0.15) is 0 Å². The van der Waals surface area contributed by atoms with E-state index in [-0.39, 0.29) is 0 Å². The Morgan fingerprint density at radius 2 is 1.50 bits per heavy atom. The monoisotopic (exact) mass is 436 g/mol. The third-order valence-corrected chi connectivity index (χ3v) is 6.49. The maximum absolute atomic E-state index is 4.83. The fraction of sp³-hybridized carbons (Fsp3) is 0. The summed E-state index contributed by atoms with van der Waals surface area (Å²) in [7, 11) is 0. The van der Waals surface area contributed by atoms with Crippen molar-refractivity contribution < 1.29 is 0 Å². The fourth-order valence-electron chi connectivity index (χ4n) is 4.97. The normalized spacial score (nSPS) is 11.5. The maximum Gasteiger partial charge on any atom is 0.138 e. The molecule has 4 nitrogen and oxygen atoms in total. The molecule has 4 aromatic heterocycles. The highest BCUT2D eigenvalue weighted by Gasteiger charge is 2.18. The fourth-order valence-corrected chi connectivity index (χ4v) is 4.97. The maximum atomic E-state index is 4.83. The highest BCUT2D eigenvalue weighted by Crippen LogP contribution is 2.37. The zero-order valence-electron chi connectivity index (χ0n) is 18.3. The van der Waals surface area contributed by atoms with Crippen LogP contribution in [-0.2, 0) is 0 Å². The summed E-state index contributed by atoms with van der Waals surface area (Å²) in [5.41, 5.74) is 6.77. The highest BCUT2D eigenvalue weighted by atomic mass is 15.1. The molecule has 0 saturated heterocycles. The third-order valence-electron chi connectivity index (χ3n) is 6.49. The quantitative estimate of drug-likeness (QED) is 0.294. The number of aromatic nitrogens is 4. The van der Waals surface area contributed by atoms with Crippen LogP contribution in [0.2, 0.25) is 0 Å². The first-order valence-electron chi connectivity index (χ1n) is 11.3. The number of para-hydroxylation sites is 2. The van der Waals surface area contributed by atoms with Crippen molar-refractivity contribution in [2.45, 2.75) is 0 Å². The van der Waals surface area contributed by atoms with Gasteiger partial charge in [-0.25, -0.2) is 4.98 Å². The highest BCUT2D eigenvalue weighted by molar-refractivity contribution is 6.18. The van der Waals surface area contributed by atoms with Gasteiger partial charge < -0.3 is 4.57 Å². The molecule has 0 N–H and O–H groups in total. The molecule has 7 aromatic rings.